The average Bonchev–Trinajstić information content (AvgIpc) is 3.70. The maximum atomic E-state index is 11.7. The first-order valence-electron chi connectivity index (χ1n) is 14.0. The molecule has 2 unspecified atom stereocenters. The number of nitrogens with zero attached hydrogens (tertiary/aromatic N) is 6. The van der Waals surface area contributed by atoms with Crippen LogP contribution in [0.15, 0.2) is 47.0 Å². The normalized spacial score (nSPS) is 21.9. The minimum atomic E-state index is -1.08. The lowest BCUT2D eigenvalue weighted by atomic mass is 9.83. The van der Waals surface area contributed by atoms with E-state index >= 15 is 0 Å². The summed E-state index contributed by atoms with van der Waals surface area (Å²) >= 11 is 0. The molecule has 0 spiro atoms. The first-order valence-corrected chi connectivity index (χ1v) is 14.0. The van der Waals surface area contributed by atoms with E-state index in [0.717, 1.165) is 24.9 Å². The van der Waals surface area contributed by atoms with Crippen LogP contribution in [0.4, 0.5) is 4.79 Å². The Morgan fingerprint density at radius 3 is 2.71 bits per heavy atom. The summed E-state index contributed by atoms with van der Waals surface area (Å²) in [6.45, 7) is 7.30. The Balaban J connectivity index is 1.44. The fourth-order valence-corrected chi connectivity index (χ4v) is 5.74. The van der Waals surface area contributed by atoms with Crippen LogP contribution in [-0.2, 0) is 5.41 Å². The van der Waals surface area contributed by atoms with Crippen LogP contribution in [0, 0.1) is 11.3 Å². The molecule has 11 nitrogen and oxygen atoms in total. The largest absolute Gasteiger partial charge is 0.473 e. The summed E-state index contributed by atoms with van der Waals surface area (Å²) in [4.78, 5) is 29.0. The third-order valence-electron chi connectivity index (χ3n) is 8.15. The fourth-order valence-electron chi connectivity index (χ4n) is 5.74. The third kappa shape index (κ3) is 6.12. The summed E-state index contributed by atoms with van der Waals surface area (Å²) in [5.41, 5.74) is 0.636. The van der Waals surface area contributed by atoms with Gasteiger partial charge in [-0.25, -0.2) is 9.78 Å². The Bertz CT molecular complexity index is 1400. The highest BCUT2D eigenvalue weighted by molar-refractivity contribution is 5.66. The number of hydrogen-bond acceptors (Lipinski definition) is 9. The molecule has 1 aromatic carbocycles. The summed E-state index contributed by atoms with van der Waals surface area (Å²) in [5.74, 6) is 1.64. The Hall–Kier alpha value is -4.17. The van der Waals surface area contributed by atoms with Gasteiger partial charge in [-0.1, -0.05) is 30.3 Å². The van der Waals surface area contributed by atoms with Crippen LogP contribution in [0.1, 0.15) is 57.8 Å². The summed E-state index contributed by atoms with van der Waals surface area (Å²) in [7, 11) is 2.09. The molecule has 0 aliphatic carbocycles. The molecule has 2 saturated heterocycles. The second-order valence-corrected chi connectivity index (χ2v) is 11.3. The summed E-state index contributed by atoms with van der Waals surface area (Å²) < 4.78 is 18.7. The van der Waals surface area contributed by atoms with E-state index in [1.54, 1.807) is 12.3 Å². The molecule has 5 rings (SSSR count). The molecule has 41 heavy (non-hydrogen) atoms. The van der Waals surface area contributed by atoms with Crippen molar-refractivity contribution >= 4 is 6.09 Å². The van der Waals surface area contributed by atoms with Crippen molar-refractivity contribution in [2.75, 3.05) is 20.1 Å². The molecule has 4 atom stereocenters. The number of carboxylic acid groups (broad SMARTS) is 1. The maximum absolute atomic E-state index is 11.7. The molecule has 4 heterocycles. The van der Waals surface area contributed by atoms with E-state index in [1.165, 1.54) is 4.90 Å². The molecule has 0 bridgehead atoms. The Morgan fingerprint density at radius 1 is 1.27 bits per heavy atom. The first kappa shape index (κ1) is 28.4. The second kappa shape index (κ2) is 11.7. The van der Waals surface area contributed by atoms with Gasteiger partial charge in [-0.3, -0.25) is 4.90 Å². The summed E-state index contributed by atoms with van der Waals surface area (Å²) in [6.07, 6.45) is 2.62. The topological polar surface area (TPSA) is 138 Å². The van der Waals surface area contributed by atoms with Crippen molar-refractivity contribution in [1.82, 2.24) is 24.8 Å². The van der Waals surface area contributed by atoms with Gasteiger partial charge >= 0.3 is 6.09 Å². The van der Waals surface area contributed by atoms with E-state index in [1.807, 2.05) is 37.3 Å². The molecule has 11 heteroatoms. The zero-order valence-electron chi connectivity index (χ0n) is 23.9. The summed E-state index contributed by atoms with van der Waals surface area (Å²) in [6, 6.07) is 13.5. The fraction of sp³-hybridized carbons (Fsp3) is 0.500. The number of amides is 1. The van der Waals surface area contributed by atoms with E-state index in [-0.39, 0.29) is 42.7 Å². The predicted molar refractivity (Wildman–Crippen MR) is 150 cm³/mol. The van der Waals surface area contributed by atoms with Gasteiger partial charge in [-0.15, -0.1) is 0 Å². The smallest absolute Gasteiger partial charge is 0.407 e. The van der Waals surface area contributed by atoms with Gasteiger partial charge in [0.15, 0.2) is 0 Å². The van der Waals surface area contributed by atoms with Gasteiger partial charge in [0.05, 0.1) is 37.3 Å². The molecule has 1 N–H and O–H groups in total. The lowest BCUT2D eigenvalue weighted by molar-refractivity contribution is 0.115. The van der Waals surface area contributed by atoms with E-state index in [9.17, 15) is 9.90 Å². The van der Waals surface area contributed by atoms with Crippen LogP contribution in [-0.4, -0.2) is 80.4 Å². The zero-order valence-corrected chi connectivity index (χ0v) is 23.9. The van der Waals surface area contributed by atoms with Gasteiger partial charge in [0.1, 0.15) is 18.0 Å². The molecule has 2 aliphatic heterocycles. The van der Waals surface area contributed by atoms with Gasteiger partial charge in [0.2, 0.25) is 17.6 Å². The number of oxazole rings is 1. The van der Waals surface area contributed by atoms with Gasteiger partial charge in [-0.2, -0.15) is 15.2 Å². The number of hydrogen-bond donors (Lipinski definition) is 1. The molecule has 0 radical (unpaired) electrons. The zero-order chi connectivity index (χ0) is 29.1. The highest BCUT2D eigenvalue weighted by atomic mass is 16.5. The molecule has 2 aromatic heterocycles. The van der Waals surface area contributed by atoms with Crippen molar-refractivity contribution in [2.45, 2.75) is 76.2 Å². The number of ether oxygens (including phenoxy) is 2. The highest BCUT2D eigenvalue weighted by Crippen LogP contribution is 2.34. The number of benzene rings is 1. The van der Waals surface area contributed by atoms with Gasteiger partial charge in [0, 0.05) is 17.9 Å². The van der Waals surface area contributed by atoms with Crippen LogP contribution in [0.2, 0.25) is 0 Å². The van der Waals surface area contributed by atoms with Crippen LogP contribution in [0.25, 0.3) is 11.7 Å². The van der Waals surface area contributed by atoms with E-state index < -0.39 is 23.7 Å². The minimum Gasteiger partial charge on any atom is -0.473 e. The molecular formula is C30H36N6O5. The SMILES string of the molecule is C[C@H](Oc1cc(OC2CC(CC#N)N(C(=O)O)C2)nc(-c2ncc(C(C)(C)c3ccccc3)o2)n1)[C@@H]1CCCN1C. The quantitative estimate of drug-likeness (QED) is 0.391. The number of nitriles is 1. The van der Waals surface area contributed by atoms with Crippen molar-refractivity contribution < 1.29 is 23.8 Å². The average molecular weight is 561 g/mol. The van der Waals surface area contributed by atoms with Crippen LogP contribution < -0.4 is 9.47 Å². The predicted octanol–water partition coefficient (Wildman–Crippen LogP) is 4.73. The maximum Gasteiger partial charge on any atom is 0.407 e. The van der Waals surface area contributed by atoms with Crippen LogP contribution in [0.5, 0.6) is 11.8 Å². The van der Waals surface area contributed by atoms with Gasteiger partial charge in [-0.05, 0) is 52.8 Å². The third-order valence-corrected chi connectivity index (χ3v) is 8.15. The Labute approximate surface area is 239 Å². The molecule has 3 aromatic rings. The molecule has 0 saturated carbocycles. The first-order chi connectivity index (χ1) is 19.7. The molecular weight excluding hydrogens is 524 g/mol. The van der Waals surface area contributed by atoms with Crippen molar-refractivity contribution in [3.05, 3.63) is 53.9 Å². The van der Waals surface area contributed by atoms with Crippen LogP contribution in [0.3, 0.4) is 0 Å². The summed E-state index contributed by atoms with van der Waals surface area (Å²) in [5, 5.41) is 18.8. The van der Waals surface area contributed by atoms with Crippen molar-refractivity contribution in [3.8, 4) is 29.5 Å². The number of aromatic nitrogens is 3. The van der Waals surface area contributed by atoms with E-state index in [0.29, 0.717) is 18.1 Å². The number of likely N-dealkylation sites (tertiary alicyclic amines) is 2. The van der Waals surface area contributed by atoms with Crippen molar-refractivity contribution in [2.24, 2.45) is 0 Å². The minimum absolute atomic E-state index is 0.0955. The van der Waals surface area contributed by atoms with E-state index in [4.69, 9.17) is 19.2 Å². The second-order valence-electron chi connectivity index (χ2n) is 11.3. The van der Waals surface area contributed by atoms with Crippen LogP contribution >= 0.6 is 0 Å². The molecule has 2 fully saturated rings. The lowest BCUT2D eigenvalue weighted by Gasteiger charge is -2.26. The van der Waals surface area contributed by atoms with Gasteiger partial charge < -0.3 is 23.9 Å². The standard InChI is InChI=1S/C30H36N6O5/c1-19(23-11-8-14-35(23)4)39-25-16-26(40-22-15-21(12-13-31)36(18-22)29(37)38)34-27(33-25)28-32-17-24(41-28)30(2,3)20-9-6-5-7-10-20/h5-7,9-10,16-17,19,21-23H,8,11-12,14-15,18H2,1-4H3,(H,37,38)/t19-,21?,22?,23-/m0/s1. The van der Waals surface area contributed by atoms with Crippen molar-refractivity contribution in [1.29, 1.82) is 5.26 Å². The Morgan fingerprint density at radius 2 is 2.02 bits per heavy atom. The monoisotopic (exact) mass is 560 g/mol. The number of rotatable bonds is 9. The van der Waals surface area contributed by atoms with Crippen molar-refractivity contribution in [3.63, 3.8) is 0 Å². The lowest BCUT2D eigenvalue weighted by Crippen LogP contribution is -2.38. The molecule has 1 amide bonds. The Kier molecular flexibility index (Phi) is 8.13. The number of likely N-dealkylation sites (N-methyl/N-ethyl adjacent to an activating group) is 1. The molecule has 216 valence electrons. The highest BCUT2D eigenvalue weighted by Gasteiger charge is 2.37. The van der Waals surface area contributed by atoms with E-state index in [2.05, 4.69) is 46.8 Å². The number of carbonyl (C=O) groups is 1. The molecule has 2 aliphatic rings. The van der Waals surface area contributed by atoms with Gasteiger partial charge in [0.25, 0.3) is 5.89 Å².